The third-order valence-corrected chi connectivity index (χ3v) is 7.12. The Balaban J connectivity index is 2.14. The van der Waals surface area contributed by atoms with E-state index in [1.165, 1.54) is 23.4 Å². The Morgan fingerprint density at radius 1 is 1.33 bits per heavy atom. The van der Waals surface area contributed by atoms with Crippen molar-refractivity contribution < 1.29 is 21.2 Å². The molecular weight excluding hydrogens is 357 g/mol. The van der Waals surface area contributed by atoms with E-state index in [0.717, 1.165) is 0 Å². The fourth-order valence-electron chi connectivity index (χ4n) is 2.56. The second-order valence-corrected chi connectivity index (χ2v) is 9.64. The molecule has 0 radical (unpaired) electrons. The van der Waals surface area contributed by atoms with E-state index >= 15 is 0 Å². The Morgan fingerprint density at radius 2 is 2.08 bits per heavy atom. The topological polar surface area (TPSA) is 95.6 Å². The molecule has 0 bridgehead atoms. The summed E-state index contributed by atoms with van der Waals surface area (Å²) in [6.07, 6.45) is 0. The number of hydrogen-bond acceptors (Lipinski definition) is 5. The van der Waals surface area contributed by atoms with Crippen molar-refractivity contribution >= 4 is 20.0 Å². The minimum Gasteiger partial charge on any atom is -0.313 e. The van der Waals surface area contributed by atoms with Crippen LogP contribution in [0.15, 0.2) is 24.3 Å². The molecule has 1 aliphatic heterocycles. The zero-order chi connectivity index (χ0) is 17.8. The molecule has 0 spiro atoms. The lowest BCUT2D eigenvalue weighted by Gasteiger charge is -2.35. The highest BCUT2D eigenvalue weighted by Crippen LogP contribution is 2.25. The van der Waals surface area contributed by atoms with E-state index in [0.29, 0.717) is 18.7 Å². The third kappa shape index (κ3) is 4.96. The molecule has 2 N–H and O–H groups in total. The number of nitrogens with zero attached hydrogens (tertiary/aromatic N) is 1. The number of sulfonamides is 2. The summed E-state index contributed by atoms with van der Waals surface area (Å²) in [6, 6.07) is 5.34. The van der Waals surface area contributed by atoms with Crippen molar-refractivity contribution in [2.75, 3.05) is 37.7 Å². The maximum Gasteiger partial charge on any atom is 0.216 e. The SMILES string of the molecule is CCS(=O)(=O)NCCS(=O)(=O)N1CCNCC1c1cccc(F)c1. The predicted octanol–water partition coefficient (Wildman–Crippen LogP) is 0.0411. The van der Waals surface area contributed by atoms with Gasteiger partial charge in [0.05, 0.1) is 17.5 Å². The van der Waals surface area contributed by atoms with E-state index < -0.39 is 31.9 Å². The van der Waals surface area contributed by atoms with Crippen molar-refractivity contribution in [3.63, 3.8) is 0 Å². The Hall–Kier alpha value is -1.07. The number of halogens is 1. The van der Waals surface area contributed by atoms with Crippen LogP contribution in [-0.4, -0.2) is 58.8 Å². The van der Waals surface area contributed by atoms with Crippen molar-refractivity contribution in [1.82, 2.24) is 14.3 Å². The molecule has 1 atom stereocenters. The summed E-state index contributed by atoms with van der Waals surface area (Å²) in [7, 11) is -7.12. The van der Waals surface area contributed by atoms with Gasteiger partial charge in [-0.15, -0.1) is 0 Å². The molecule has 10 heteroatoms. The van der Waals surface area contributed by atoms with E-state index in [9.17, 15) is 21.2 Å². The molecule has 0 aliphatic carbocycles. The van der Waals surface area contributed by atoms with Crippen molar-refractivity contribution in [1.29, 1.82) is 0 Å². The van der Waals surface area contributed by atoms with Crippen molar-refractivity contribution in [3.8, 4) is 0 Å². The lowest BCUT2D eigenvalue weighted by Crippen LogP contribution is -2.50. The molecule has 0 amide bonds. The first-order valence-corrected chi connectivity index (χ1v) is 10.9. The van der Waals surface area contributed by atoms with Gasteiger partial charge in [-0.1, -0.05) is 12.1 Å². The highest BCUT2D eigenvalue weighted by Gasteiger charge is 2.33. The Bertz CT molecular complexity index is 768. The number of rotatable bonds is 7. The molecule has 1 aliphatic rings. The predicted molar refractivity (Wildman–Crippen MR) is 90.0 cm³/mol. The monoisotopic (exact) mass is 379 g/mol. The molecule has 24 heavy (non-hydrogen) atoms. The van der Waals surface area contributed by atoms with Crippen molar-refractivity contribution in [2.24, 2.45) is 0 Å². The molecule has 1 saturated heterocycles. The molecule has 1 aromatic carbocycles. The van der Waals surface area contributed by atoms with Gasteiger partial charge in [0.2, 0.25) is 20.0 Å². The molecule has 1 heterocycles. The lowest BCUT2D eigenvalue weighted by molar-refractivity contribution is 0.271. The van der Waals surface area contributed by atoms with Crippen LogP contribution in [0.3, 0.4) is 0 Å². The average molecular weight is 379 g/mol. The fourth-order valence-corrected chi connectivity index (χ4v) is 4.86. The average Bonchev–Trinajstić information content (AvgIpc) is 2.54. The second kappa shape index (κ2) is 7.87. The lowest BCUT2D eigenvalue weighted by atomic mass is 10.1. The van der Waals surface area contributed by atoms with E-state index in [-0.39, 0.29) is 24.6 Å². The van der Waals surface area contributed by atoms with Gasteiger partial charge in [-0.3, -0.25) is 0 Å². The van der Waals surface area contributed by atoms with Gasteiger partial charge in [0.1, 0.15) is 5.82 Å². The van der Waals surface area contributed by atoms with Crippen LogP contribution in [0.1, 0.15) is 18.5 Å². The third-order valence-electron chi connectivity index (χ3n) is 3.85. The second-order valence-electron chi connectivity index (χ2n) is 5.50. The summed E-state index contributed by atoms with van der Waals surface area (Å²) in [5.74, 6) is -0.865. The summed E-state index contributed by atoms with van der Waals surface area (Å²) in [4.78, 5) is 0. The minimum absolute atomic E-state index is 0.105. The normalized spacial score (nSPS) is 20.2. The molecule has 1 unspecified atom stereocenters. The van der Waals surface area contributed by atoms with Gasteiger partial charge >= 0.3 is 0 Å². The van der Waals surface area contributed by atoms with Crippen LogP contribution < -0.4 is 10.0 Å². The van der Waals surface area contributed by atoms with Crippen molar-refractivity contribution in [2.45, 2.75) is 13.0 Å². The smallest absolute Gasteiger partial charge is 0.216 e. The van der Waals surface area contributed by atoms with E-state index in [4.69, 9.17) is 0 Å². The molecule has 136 valence electrons. The number of piperazine rings is 1. The highest BCUT2D eigenvalue weighted by atomic mass is 32.2. The Morgan fingerprint density at radius 3 is 2.75 bits per heavy atom. The molecule has 7 nitrogen and oxygen atoms in total. The minimum atomic E-state index is -3.68. The van der Waals surface area contributed by atoms with Gasteiger partial charge in [0, 0.05) is 26.2 Å². The Kier molecular flexibility index (Phi) is 6.32. The van der Waals surface area contributed by atoms with E-state index in [1.807, 2.05) is 0 Å². The summed E-state index contributed by atoms with van der Waals surface area (Å²) >= 11 is 0. The fraction of sp³-hybridized carbons (Fsp3) is 0.571. The summed E-state index contributed by atoms with van der Waals surface area (Å²) < 4.78 is 65.1. The van der Waals surface area contributed by atoms with Crippen LogP contribution in [0.5, 0.6) is 0 Å². The van der Waals surface area contributed by atoms with Crippen LogP contribution in [0.2, 0.25) is 0 Å². The largest absolute Gasteiger partial charge is 0.313 e. The first-order chi connectivity index (χ1) is 11.2. The van der Waals surface area contributed by atoms with Gasteiger partial charge in [-0.05, 0) is 24.6 Å². The van der Waals surface area contributed by atoms with E-state index in [2.05, 4.69) is 10.0 Å². The molecule has 1 fully saturated rings. The summed E-state index contributed by atoms with van der Waals surface area (Å²) in [5.41, 5.74) is 0.569. The Labute approximate surface area is 142 Å². The van der Waals surface area contributed by atoms with Gasteiger partial charge in [0.25, 0.3) is 0 Å². The maximum atomic E-state index is 13.5. The van der Waals surface area contributed by atoms with Crippen LogP contribution in [-0.2, 0) is 20.0 Å². The van der Waals surface area contributed by atoms with Crippen molar-refractivity contribution in [3.05, 3.63) is 35.6 Å². The van der Waals surface area contributed by atoms with Gasteiger partial charge in [-0.25, -0.2) is 25.9 Å². The zero-order valence-corrected chi connectivity index (χ0v) is 15.0. The molecule has 0 saturated carbocycles. The zero-order valence-electron chi connectivity index (χ0n) is 13.4. The van der Waals surface area contributed by atoms with Crippen LogP contribution in [0.4, 0.5) is 4.39 Å². The maximum absolute atomic E-state index is 13.5. The van der Waals surface area contributed by atoms with Gasteiger partial charge in [0.15, 0.2) is 0 Å². The molecular formula is C14H22FN3O4S2. The quantitative estimate of drug-likeness (QED) is 0.698. The highest BCUT2D eigenvalue weighted by molar-refractivity contribution is 7.90. The molecule has 2 rings (SSSR count). The summed E-state index contributed by atoms with van der Waals surface area (Å²) in [5, 5.41) is 3.10. The van der Waals surface area contributed by atoms with Gasteiger partial charge in [-0.2, -0.15) is 4.31 Å². The number of benzene rings is 1. The first kappa shape index (κ1) is 19.3. The van der Waals surface area contributed by atoms with E-state index in [1.54, 1.807) is 12.1 Å². The molecule has 1 aromatic rings. The first-order valence-electron chi connectivity index (χ1n) is 7.68. The van der Waals surface area contributed by atoms with Gasteiger partial charge < -0.3 is 5.32 Å². The van der Waals surface area contributed by atoms with Crippen LogP contribution in [0, 0.1) is 5.82 Å². The van der Waals surface area contributed by atoms with Crippen LogP contribution in [0.25, 0.3) is 0 Å². The number of nitrogens with one attached hydrogen (secondary N) is 2. The number of hydrogen-bond donors (Lipinski definition) is 2. The van der Waals surface area contributed by atoms with Crippen LogP contribution >= 0.6 is 0 Å². The summed E-state index contributed by atoms with van der Waals surface area (Å²) in [6.45, 7) is 2.42. The standard InChI is InChI=1S/C14H22FN3O4S2/c1-2-23(19,20)17-7-9-24(21,22)18-8-6-16-11-14(18)12-4-3-5-13(15)10-12/h3-5,10,14,16-17H,2,6-9,11H2,1H3. The molecule has 0 aromatic heterocycles.